The van der Waals surface area contributed by atoms with E-state index >= 15 is 0 Å². The molecule has 1 atom stereocenters. The van der Waals surface area contributed by atoms with Crippen molar-refractivity contribution >= 4 is 36.4 Å². The lowest BCUT2D eigenvalue weighted by molar-refractivity contribution is -0.118. The Balaban J connectivity index is 0.00000180. The number of carbonyl (C=O) groups is 1. The van der Waals surface area contributed by atoms with Crippen LogP contribution in [0.2, 0.25) is 0 Å². The van der Waals surface area contributed by atoms with Crippen LogP contribution in [0.1, 0.15) is 11.6 Å². The highest BCUT2D eigenvalue weighted by Crippen LogP contribution is 2.14. The van der Waals surface area contributed by atoms with Gasteiger partial charge in [0.15, 0.2) is 0 Å². The molecule has 1 unspecified atom stereocenters. The molecule has 1 amide bonds. The summed E-state index contributed by atoms with van der Waals surface area (Å²) in [5.41, 5.74) is 1.49. The van der Waals surface area contributed by atoms with Gasteiger partial charge in [-0.2, -0.15) is 5.10 Å². The number of carbonyl (C=O) groups excluding carboxylic acids is 1. The summed E-state index contributed by atoms with van der Waals surface area (Å²) in [5, 5.41) is 9.82. The Hall–Kier alpha value is -1.63. The third-order valence-electron chi connectivity index (χ3n) is 2.54. The average Bonchev–Trinajstić information content (AvgIpc) is 2.78. The normalized spacial score (nSPS) is 10.9. The minimum absolute atomic E-state index is 0. The van der Waals surface area contributed by atoms with E-state index in [-0.39, 0.29) is 30.7 Å². The Labute approximate surface area is 129 Å². The third-order valence-corrected chi connectivity index (χ3v) is 2.54. The van der Waals surface area contributed by atoms with Crippen molar-refractivity contribution in [3.8, 4) is 0 Å². The van der Waals surface area contributed by atoms with Crippen molar-refractivity contribution < 1.29 is 4.79 Å². The van der Waals surface area contributed by atoms with E-state index in [2.05, 4.69) is 20.7 Å². The molecule has 2 N–H and O–H groups in total. The second-order valence-corrected chi connectivity index (χ2v) is 3.90. The van der Waals surface area contributed by atoms with Crippen LogP contribution in [0.15, 0.2) is 36.9 Å². The Morgan fingerprint density at radius 3 is 2.60 bits per heavy atom. The largest absolute Gasteiger partial charge is 0.323 e. The van der Waals surface area contributed by atoms with Gasteiger partial charge in [-0.05, 0) is 19.2 Å². The van der Waals surface area contributed by atoms with Crippen LogP contribution in [-0.2, 0) is 11.8 Å². The van der Waals surface area contributed by atoms with Gasteiger partial charge in [-0.3, -0.25) is 14.5 Å². The Morgan fingerprint density at radius 1 is 1.35 bits per heavy atom. The number of amides is 1. The number of rotatable bonds is 4. The van der Waals surface area contributed by atoms with Gasteiger partial charge in [0.1, 0.15) is 6.04 Å². The first-order chi connectivity index (χ1) is 8.70. The van der Waals surface area contributed by atoms with Crippen LogP contribution >= 0.6 is 24.8 Å². The Morgan fingerprint density at radius 2 is 2.10 bits per heavy atom. The van der Waals surface area contributed by atoms with Crippen LogP contribution in [0.25, 0.3) is 0 Å². The lowest BCUT2D eigenvalue weighted by Crippen LogP contribution is -2.30. The van der Waals surface area contributed by atoms with Crippen LogP contribution in [-0.4, -0.2) is 27.7 Å². The zero-order valence-corrected chi connectivity index (χ0v) is 12.7. The molecule has 110 valence electrons. The van der Waals surface area contributed by atoms with Gasteiger partial charge in [-0.1, -0.05) is 0 Å². The van der Waals surface area contributed by atoms with Crippen LogP contribution in [0, 0.1) is 0 Å². The molecule has 0 aliphatic heterocycles. The molecule has 0 spiro atoms. The standard InChI is InChI=1S/C12H15N5O.2ClH/c1-13-11(9-6-15-17(2)8-9)12(18)16-10-4-3-5-14-7-10;;/h3-8,11,13H,1-2H3,(H,16,18);2*1H. The van der Waals surface area contributed by atoms with E-state index in [0.717, 1.165) is 5.56 Å². The molecule has 2 rings (SSSR count). The molecule has 0 saturated carbocycles. The minimum atomic E-state index is -0.432. The van der Waals surface area contributed by atoms with Crippen molar-refractivity contribution in [2.75, 3.05) is 12.4 Å². The summed E-state index contributed by atoms with van der Waals surface area (Å²) < 4.78 is 1.66. The molecule has 0 aliphatic rings. The Kier molecular flexibility index (Phi) is 7.83. The van der Waals surface area contributed by atoms with E-state index in [0.29, 0.717) is 5.69 Å². The lowest BCUT2D eigenvalue weighted by atomic mass is 10.1. The summed E-state index contributed by atoms with van der Waals surface area (Å²) in [6.07, 6.45) is 6.74. The maximum atomic E-state index is 12.1. The molecule has 20 heavy (non-hydrogen) atoms. The molecular weight excluding hydrogens is 301 g/mol. The van der Waals surface area contributed by atoms with Gasteiger partial charge in [-0.25, -0.2) is 0 Å². The van der Waals surface area contributed by atoms with Crippen molar-refractivity contribution in [1.82, 2.24) is 20.1 Å². The molecule has 0 saturated heterocycles. The minimum Gasteiger partial charge on any atom is -0.323 e. The predicted octanol–water partition coefficient (Wildman–Crippen LogP) is 1.56. The molecule has 0 radical (unpaired) electrons. The monoisotopic (exact) mass is 317 g/mol. The van der Waals surface area contributed by atoms with Gasteiger partial charge >= 0.3 is 0 Å². The van der Waals surface area contributed by atoms with E-state index in [1.165, 1.54) is 0 Å². The summed E-state index contributed by atoms with van der Waals surface area (Å²) in [6.45, 7) is 0. The van der Waals surface area contributed by atoms with Gasteiger partial charge in [0.25, 0.3) is 0 Å². The maximum Gasteiger partial charge on any atom is 0.246 e. The predicted molar refractivity (Wildman–Crippen MR) is 82.4 cm³/mol. The van der Waals surface area contributed by atoms with Crippen LogP contribution < -0.4 is 10.6 Å². The second-order valence-electron chi connectivity index (χ2n) is 3.90. The number of aromatic nitrogens is 3. The fraction of sp³-hybridized carbons (Fsp3) is 0.250. The van der Waals surface area contributed by atoms with Crippen molar-refractivity contribution in [3.05, 3.63) is 42.5 Å². The molecule has 2 heterocycles. The van der Waals surface area contributed by atoms with Crippen molar-refractivity contribution in [2.45, 2.75) is 6.04 Å². The number of hydrogen-bond donors (Lipinski definition) is 2. The number of aryl methyl sites for hydroxylation is 1. The SMILES string of the molecule is CNC(C(=O)Nc1cccnc1)c1cnn(C)c1.Cl.Cl. The fourth-order valence-corrected chi connectivity index (χ4v) is 1.69. The highest BCUT2D eigenvalue weighted by molar-refractivity contribution is 5.95. The summed E-state index contributed by atoms with van der Waals surface area (Å²) in [6, 6.07) is 3.13. The van der Waals surface area contributed by atoms with Crippen LogP contribution in [0.3, 0.4) is 0 Å². The van der Waals surface area contributed by atoms with E-state index in [9.17, 15) is 4.79 Å². The van der Waals surface area contributed by atoms with Crippen molar-refractivity contribution in [2.24, 2.45) is 7.05 Å². The zero-order chi connectivity index (χ0) is 13.0. The number of nitrogens with one attached hydrogen (secondary N) is 2. The molecule has 0 fully saturated rings. The topological polar surface area (TPSA) is 71.8 Å². The number of halogens is 2. The first-order valence-corrected chi connectivity index (χ1v) is 5.57. The van der Waals surface area contributed by atoms with E-state index in [4.69, 9.17) is 0 Å². The number of likely N-dealkylation sites (N-methyl/N-ethyl adjacent to an activating group) is 1. The highest BCUT2D eigenvalue weighted by Gasteiger charge is 2.20. The first-order valence-electron chi connectivity index (χ1n) is 5.57. The summed E-state index contributed by atoms with van der Waals surface area (Å²) in [7, 11) is 3.55. The Bertz CT molecular complexity index is 532. The quantitative estimate of drug-likeness (QED) is 0.897. The van der Waals surface area contributed by atoms with Crippen molar-refractivity contribution in [1.29, 1.82) is 0 Å². The summed E-state index contributed by atoms with van der Waals surface area (Å²) >= 11 is 0. The van der Waals surface area contributed by atoms with Gasteiger partial charge in [-0.15, -0.1) is 24.8 Å². The second kappa shape index (κ2) is 8.52. The molecule has 0 aromatic carbocycles. The smallest absolute Gasteiger partial charge is 0.246 e. The van der Waals surface area contributed by atoms with Crippen molar-refractivity contribution in [3.63, 3.8) is 0 Å². The molecule has 2 aromatic rings. The van der Waals surface area contributed by atoms with E-state index in [1.54, 1.807) is 42.5 Å². The fourth-order valence-electron chi connectivity index (χ4n) is 1.69. The van der Waals surface area contributed by atoms with E-state index in [1.807, 2.05) is 13.2 Å². The molecule has 2 aromatic heterocycles. The zero-order valence-electron chi connectivity index (χ0n) is 11.1. The molecule has 0 bridgehead atoms. The molecular formula is C12H17Cl2N5O. The summed E-state index contributed by atoms with van der Waals surface area (Å²) in [4.78, 5) is 16.1. The average molecular weight is 318 g/mol. The van der Waals surface area contributed by atoms with Crippen LogP contribution in [0.4, 0.5) is 5.69 Å². The van der Waals surface area contributed by atoms with Gasteiger partial charge < -0.3 is 10.6 Å². The van der Waals surface area contributed by atoms with Crippen LogP contribution in [0.5, 0.6) is 0 Å². The van der Waals surface area contributed by atoms with Gasteiger partial charge in [0.05, 0.1) is 18.1 Å². The van der Waals surface area contributed by atoms with Gasteiger partial charge in [0.2, 0.25) is 5.91 Å². The highest BCUT2D eigenvalue weighted by atomic mass is 35.5. The molecule has 8 heteroatoms. The van der Waals surface area contributed by atoms with Gasteiger partial charge in [0, 0.05) is 25.0 Å². The maximum absolute atomic E-state index is 12.1. The number of hydrogen-bond acceptors (Lipinski definition) is 4. The number of nitrogens with zero attached hydrogens (tertiary/aromatic N) is 3. The first kappa shape index (κ1) is 18.4. The molecule has 0 aliphatic carbocycles. The van der Waals surface area contributed by atoms with E-state index < -0.39 is 6.04 Å². The lowest BCUT2D eigenvalue weighted by Gasteiger charge is -2.14. The molecule has 6 nitrogen and oxygen atoms in total. The summed E-state index contributed by atoms with van der Waals surface area (Å²) in [5.74, 6) is -0.140. The third kappa shape index (κ3) is 4.48. The number of anilines is 1. The number of pyridine rings is 1.